The Kier molecular flexibility index (Phi) is 5.76. The molecule has 1 aliphatic rings. The van der Waals surface area contributed by atoms with Crippen LogP contribution in [-0.4, -0.2) is 53.2 Å². The molecule has 1 rings (SSSR count). The second-order valence-electron chi connectivity index (χ2n) is 5.01. The molecule has 3 N–H and O–H groups in total. The van der Waals surface area contributed by atoms with Gasteiger partial charge < -0.3 is 15.7 Å². The Balaban J connectivity index is 2.40. The van der Waals surface area contributed by atoms with E-state index in [2.05, 4.69) is 0 Å². The minimum absolute atomic E-state index is 0.0561. The predicted molar refractivity (Wildman–Crippen MR) is 72.0 cm³/mol. The van der Waals surface area contributed by atoms with Gasteiger partial charge in [-0.15, -0.1) is 0 Å². The van der Waals surface area contributed by atoms with Crippen LogP contribution in [0.3, 0.4) is 0 Å². The highest BCUT2D eigenvalue weighted by Crippen LogP contribution is 2.29. The van der Waals surface area contributed by atoms with Crippen molar-refractivity contribution in [3.05, 3.63) is 0 Å². The summed E-state index contributed by atoms with van der Waals surface area (Å²) < 4.78 is 0. The quantitative estimate of drug-likeness (QED) is 0.742. The van der Waals surface area contributed by atoms with Crippen LogP contribution in [0, 0.1) is 0 Å². The second-order valence-corrected chi connectivity index (χ2v) is 6.00. The first-order valence-corrected chi connectivity index (χ1v) is 7.60. The van der Waals surface area contributed by atoms with Crippen LogP contribution in [0.15, 0.2) is 0 Å². The Morgan fingerprint density at radius 2 is 2.12 bits per heavy atom. The Hall–Kier alpha value is -0.260. The molecule has 0 unspecified atom stereocenters. The molecule has 0 bridgehead atoms. The van der Waals surface area contributed by atoms with E-state index in [1.807, 2.05) is 6.26 Å². The molecule has 0 heterocycles. The van der Waals surface area contributed by atoms with Crippen LogP contribution < -0.4 is 5.73 Å². The maximum Gasteiger partial charge on any atom is 0.239 e. The van der Waals surface area contributed by atoms with E-state index in [1.54, 1.807) is 23.7 Å². The van der Waals surface area contributed by atoms with Crippen LogP contribution in [0.2, 0.25) is 0 Å². The number of amides is 1. The SMILES string of the molecule is CSCC[C@H](N)C(=O)N(C)CC1(O)CCCC1. The van der Waals surface area contributed by atoms with Crippen LogP contribution in [-0.2, 0) is 4.79 Å². The van der Waals surface area contributed by atoms with Gasteiger partial charge >= 0.3 is 0 Å². The molecule has 1 fully saturated rings. The number of likely N-dealkylation sites (N-methyl/N-ethyl adjacent to an activating group) is 1. The number of carbonyl (C=O) groups excluding carboxylic acids is 1. The molecule has 0 aromatic heterocycles. The van der Waals surface area contributed by atoms with Crippen molar-refractivity contribution in [3.63, 3.8) is 0 Å². The van der Waals surface area contributed by atoms with Crippen molar-refractivity contribution in [2.24, 2.45) is 5.73 Å². The number of thioether (sulfide) groups is 1. The second kappa shape index (κ2) is 6.61. The first-order chi connectivity index (χ1) is 7.98. The van der Waals surface area contributed by atoms with E-state index in [0.29, 0.717) is 13.0 Å². The van der Waals surface area contributed by atoms with Gasteiger partial charge in [-0.2, -0.15) is 11.8 Å². The van der Waals surface area contributed by atoms with Gasteiger partial charge in [-0.3, -0.25) is 4.79 Å². The van der Waals surface area contributed by atoms with Crippen LogP contribution >= 0.6 is 11.8 Å². The zero-order valence-corrected chi connectivity index (χ0v) is 11.6. The Bertz CT molecular complexity index is 255. The minimum atomic E-state index is -0.677. The highest BCUT2D eigenvalue weighted by molar-refractivity contribution is 7.98. The van der Waals surface area contributed by atoms with Crippen molar-refractivity contribution in [3.8, 4) is 0 Å². The third kappa shape index (κ3) is 4.48. The van der Waals surface area contributed by atoms with Crippen LogP contribution in [0.1, 0.15) is 32.1 Å². The largest absolute Gasteiger partial charge is 0.388 e. The summed E-state index contributed by atoms with van der Waals surface area (Å²) in [4.78, 5) is 13.6. The van der Waals surface area contributed by atoms with Gasteiger partial charge in [-0.25, -0.2) is 0 Å². The molecular formula is C12H24N2O2S. The van der Waals surface area contributed by atoms with E-state index >= 15 is 0 Å². The highest BCUT2D eigenvalue weighted by Gasteiger charge is 2.34. The number of nitrogens with zero attached hydrogens (tertiary/aromatic N) is 1. The van der Waals surface area contributed by atoms with Crippen molar-refractivity contribution in [1.29, 1.82) is 0 Å². The normalized spacial score (nSPS) is 20.2. The molecule has 100 valence electrons. The van der Waals surface area contributed by atoms with E-state index in [1.165, 1.54) is 0 Å². The summed E-state index contributed by atoms with van der Waals surface area (Å²) in [5.41, 5.74) is 5.16. The average molecular weight is 260 g/mol. The lowest BCUT2D eigenvalue weighted by Crippen LogP contribution is -2.48. The number of rotatable bonds is 6. The van der Waals surface area contributed by atoms with E-state index in [-0.39, 0.29) is 5.91 Å². The average Bonchev–Trinajstić information content (AvgIpc) is 2.71. The van der Waals surface area contributed by atoms with Gasteiger partial charge in [-0.05, 0) is 31.3 Å². The molecule has 17 heavy (non-hydrogen) atoms. The molecule has 0 spiro atoms. The number of hydrogen-bond acceptors (Lipinski definition) is 4. The van der Waals surface area contributed by atoms with E-state index < -0.39 is 11.6 Å². The topological polar surface area (TPSA) is 66.6 Å². The lowest BCUT2D eigenvalue weighted by Gasteiger charge is -2.30. The lowest BCUT2D eigenvalue weighted by molar-refractivity contribution is -0.134. The number of aliphatic hydroxyl groups is 1. The van der Waals surface area contributed by atoms with E-state index in [9.17, 15) is 9.90 Å². The molecule has 0 saturated heterocycles. The van der Waals surface area contributed by atoms with Crippen molar-refractivity contribution in [2.75, 3.05) is 25.6 Å². The number of hydrogen-bond donors (Lipinski definition) is 2. The summed E-state index contributed by atoms with van der Waals surface area (Å²) in [7, 11) is 1.73. The van der Waals surface area contributed by atoms with Crippen molar-refractivity contribution >= 4 is 17.7 Å². The third-order valence-corrected chi connectivity index (χ3v) is 4.04. The smallest absolute Gasteiger partial charge is 0.239 e. The summed E-state index contributed by atoms with van der Waals surface area (Å²) >= 11 is 1.69. The Morgan fingerprint density at radius 3 is 2.65 bits per heavy atom. The molecule has 0 aromatic rings. The Morgan fingerprint density at radius 1 is 1.53 bits per heavy atom. The van der Waals surface area contributed by atoms with Gasteiger partial charge in [0.05, 0.1) is 11.6 Å². The van der Waals surface area contributed by atoms with Gasteiger partial charge in [0.25, 0.3) is 0 Å². The first-order valence-electron chi connectivity index (χ1n) is 6.20. The van der Waals surface area contributed by atoms with E-state index in [0.717, 1.165) is 31.4 Å². The summed E-state index contributed by atoms with van der Waals surface area (Å²) in [6, 6.07) is -0.433. The predicted octanol–water partition coefficient (Wildman–Crippen LogP) is 0.830. The van der Waals surface area contributed by atoms with Crippen LogP contribution in [0.4, 0.5) is 0 Å². The monoisotopic (exact) mass is 260 g/mol. The standard InChI is InChI=1S/C12H24N2O2S/c1-14(9-12(16)6-3-4-7-12)11(15)10(13)5-8-17-2/h10,16H,3-9,13H2,1-2H3/t10-/m0/s1. The molecule has 1 atom stereocenters. The summed E-state index contributed by atoms with van der Waals surface area (Å²) in [6.45, 7) is 0.415. The molecule has 0 aliphatic heterocycles. The highest BCUT2D eigenvalue weighted by atomic mass is 32.2. The molecule has 1 amide bonds. The summed E-state index contributed by atoms with van der Waals surface area (Å²) in [5, 5.41) is 10.2. The first kappa shape index (κ1) is 14.8. The third-order valence-electron chi connectivity index (χ3n) is 3.39. The Labute approximate surface area is 108 Å². The van der Waals surface area contributed by atoms with Gasteiger partial charge in [-0.1, -0.05) is 12.8 Å². The molecule has 0 aromatic carbocycles. The molecule has 1 saturated carbocycles. The van der Waals surface area contributed by atoms with Crippen molar-refractivity contribution in [2.45, 2.75) is 43.7 Å². The van der Waals surface area contributed by atoms with Crippen LogP contribution in [0.25, 0.3) is 0 Å². The maximum absolute atomic E-state index is 12.0. The molecule has 4 nitrogen and oxygen atoms in total. The molecule has 0 radical (unpaired) electrons. The fraction of sp³-hybridized carbons (Fsp3) is 0.917. The van der Waals surface area contributed by atoms with Gasteiger partial charge in [0, 0.05) is 13.6 Å². The minimum Gasteiger partial charge on any atom is -0.388 e. The zero-order chi connectivity index (χ0) is 12.9. The molecule has 1 aliphatic carbocycles. The van der Waals surface area contributed by atoms with E-state index in [4.69, 9.17) is 5.73 Å². The van der Waals surface area contributed by atoms with Crippen molar-refractivity contribution < 1.29 is 9.90 Å². The van der Waals surface area contributed by atoms with Crippen molar-refractivity contribution in [1.82, 2.24) is 4.90 Å². The van der Waals surface area contributed by atoms with Gasteiger partial charge in [0.2, 0.25) is 5.91 Å². The lowest BCUT2D eigenvalue weighted by atomic mass is 10.0. The zero-order valence-electron chi connectivity index (χ0n) is 10.8. The summed E-state index contributed by atoms with van der Waals surface area (Å²) in [6.07, 6.45) is 6.40. The van der Waals surface area contributed by atoms with Gasteiger partial charge in [0.1, 0.15) is 0 Å². The fourth-order valence-corrected chi connectivity index (χ4v) is 2.85. The molecular weight excluding hydrogens is 236 g/mol. The maximum atomic E-state index is 12.0. The molecule has 5 heteroatoms. The number of nitrogens with two attached hydrogens (primary N) is 1. The summed E-state index contributed by atoms with van der Waals surface area (Å²) in [5.74, 6) is 0.838. The number of carbonyl (C=O) groups is 1. The fourth-order valence-electron chi connectivity index (χ4n) is 2.36. The van der Waals surface area contributed by atoms with Gasteiger partial charge in [0.15, 0.2) is 0 Å². The van der Waals surface area contributed by atoms with Crippen LogP contribution in [0.5, 0.6) is 0 Å².